The Labute approximate surface area is 116 Å². The number of hydrogen-bond donors (Lipinski definition) is 1. The SMILES string of the molecule is COC(=O)c1csc(Nc2c(F)cc(F)cc2Cl)n1. The van der Waals surface area contributed by atoms with Crippen molar-refractivity contribution in [3.05, 3.63) is 39.9 Å². The number of rotatable bonds is 3. The fourth-order valence-electron chi connectivity index (χ4n) is 1.30. The molecule has 1 N–H and O–H groups in total. The van der Waals surface area contributed by atoms with Crippen LogP contribution in [0.5, 0.6) is 0 Å². The molecule has 0 amide bonds. The van der Waals surface area contributed by atoms with Crippen molar-refractivity contribution in [3.63, 3.8) is 0 Å². The lowest BCUT2D eigenvalue weighted by atomic mass is 10.3. The Morgan fingerprint density at radius 2 is 2.21 bits per heavy atom. The number of ether oxygens (including phenoxy) is 1. The average molecular weight is 305 g/mol. The van der Waals surface area contributed by atoms with E-state index in [0.717, 1.165) is 17.4 Å². The van der Waals surface area contributed by atoms with E-state index in [1.165, 1.54) is 12.5 Å². The van der Waals surface area contributed by atoms with Crippen LogP contribution in [0.1, 0.15) is 10.5 Å². The van der Waals surface area contributed by atoms with Gasteiger partial charge in [-0.3, -0.25) is 0 Å². The van der Waals surface area contributed by atoms with Crippen LogP contribution < -0.4 is 5.32 Å². The van der Waals surface area contributed by atoms with Gasteiger partial charge < -0.3 is 10.1 Å². The molecule has 0 spiro atoms. The molecule has 0 fully saturated rings. The Balaban J connectivity index is 2.27. The molecule has 0 radical (unpaired) electrons. The van der Waals surface area contributed by atoms with Gasteiger partial charge in [-0.05, 0) is 6.07 Å². The molecule has 0 saturated heterocycles. The number of thiazole rings is 1. The molecule has 0 aliphatic rings. The molecule has 1 aromatic carbocycles. The predicted molar refractivity (Wildman–Crippen MR) is 68.1 cm³/mol. The third-order valence-electron chi connectivity index (χ3n) is 2.14. The lowest BCUT2D eigenvalue weighted by molar-refractivity contribution is 0.0595. The Bertz CT molecular complexity index is 610. The topological polar surface area (TPSA) is 51.2 Å². The van der Waals surface area contributed by atoms with Gasteiger partial charge in [0.1, 0.15) is 5.82 Å². The molecule has 8 heteroatoms. The summed E-state index contributed by atoms with van der Waals surface area (Å²) >= 11 is 6.79. The highest BCUT2D eigenvalue weighted by Gasteiger charge is 2.14. The van der Waals surface area contributed by atoms with Crippen LogP contribution in [-0.4, -0.2) is 18.1 Å². The Hall–Kier alpha value is -1.73. The van der Waals surface area contributed by atoms with Crippen LogP contribution in [0.2, 0.25) is 5.02 Å². The fraction of sp³-hybridized carbons (Fsp3) is 0.0909. The molecule has 1 heterocycles. The van der Waals surface area contributed by atoms with E-state index >= 15 is 0 Å². The van der Waals surface area contributed by atoms with E-state index in [2.05, 4.69) is 15.0 Å². The molecule has 100 valence electrons. The van der Waals surface area contributed by atoms with Gasteiger partial charge in [0.2, 0.25) is 0 Å². The summed E-state index contributed by atoms with van der Waals surface area (Å²) in [5.41, 5.74) is -0.0116. The van der Waals surface area contributed by atoms with E-state index in [9.17, 15) is 13.6 Å². The molecule has 1 aromatic heterocycles. The van der Waals surface area contributed by atoms with E-state index in [1.807, 2.05) is 0 Å². The molecule has 0 aliphatic heterocycles. The first-order valence-electron chi connectivity index (χ1n) is 4.96. The van der Waals surface area contributed by atoms with Crippen molar-refractivity contribution in [2.75, 3.05) is 12.4 Å². The summed E-state index contributed by atoms with van der Waals surface area (Å²) in [6.07, 6.45) is 0. The number of halogens is 3. The van der Waals surface area contributed by atoms with Crippen molar-refractivity contribution in [1.29, 1.82) is 0 Å². The highest BCUT2D eigenvalue weighted by molar-refractivity contribution is 7.14. The van der Waals surface area contributed by atoms with E-state index in [4.69, 9.17) is 11.6 Å². The third kappa shape index (κ3) is 2.99. The third-order valence-corrected chi connectivity index (χ3v) is 3.19. The van der Waals surface area contributed by atoms with Crippen LogP contribution in [0.15, 0.2) is 17.5 Å². The number of esters is 1. The van der Waals surface area contributed by atoms with Crippen LogP contribution in [-0.2, 0) is 4.74 Å². The first kappa shape index (κ1) is 13.7. The molecule has 0 saturated carbocycles. The second kappa shape index (κ2) is 5.50. The Morgan fingerprint density at radius 1 is 1.47 bits per heavy atom. The molecule has 0 atom stereocenters. The number of nitrogens with zero attached hydrogens (tertiary/aromatic N) is 1. The van der Waals surface area contributed by atoms with Gasteiger partial charge in [-0.15, -0.1) is 11.3 Å². The van der Waals surface area contributed by atoms with Crippen molar-refractivity contribution in [2.45, 2.75) is 0 Å². The zero-order chi connectivity index (χ0) is 14.0. The number of carbonyl (C=O) groups excluding carboxylic acids is 1. The van der Waals surface area contributed by atoms with Crippen molar-refractivity contribution in [1.82, 2.24) is 4.98 Å². The van der Waals surface area contributed by atoms with Crippen molar-refractivity contribution in [3.8, 4) is 0 Å². The number of nitrogens with one attached hydrogen (secondary N) is 1. The number of aromatic nitrogens is 1. The molecule has 4 nitrogen and oxygen atoms in total. The molecular weight excluding hydrogens is 298 g/mol. The molecule has 0 bridgehead atoms. The maximum absolute atomic E-state index is 13.5. The largest absolute Gasteiger partial charge is 0.464 e. The second-order valence-electron chi connectivity index (χ2n) is 3.40. The quantitative estimate of drug-likeness (QED) is 0.880. The summed E-state index contributed by atoms with van der Waals surface area (Å²) in [6, 6.07) is 1.67. The number of anilines is 2. The monoisotopic (exact) mass is 304 g/mol. The van der Waals surface area contributed by atoms with Gasteiger partial charge in [-0.1, -0.05) is 11.6 Å². The number of hydrogen-bond acceptors (Lipinski definition) is 5. The van der Waals surface area contributed by atoms with Crippen LogP contribution in [0.25, 0.3) is 0 Å². The second-order valence-corrected chi connectivity index (χ2v) is 4.66. The summed E-state index contributed by atoms with van der Waals surface area (Å²) in [4.78, 5) is 15.1. The first-order chi connectivity index (χ1) is 9.01. The average Bonchev–Trinajstić information content (AvgIpc) is 2.81. The molecule has 0 aliphatic carbocycles. The van der Waals surface area contributed by atoms with Gasteiger partial charge in [0.05, 0.1) is 17.8 Å². The molecule has 2 aromatic rings. The lowest BCUT2D eigenvalue weighted by Crippen LogP contribution is -2.02. The van der Waals surface area contributed by atoms with Crippen LogP contribution in [0.4, 0.5) is 19.6 Å². The smallest absolute Gasteiger partial charge is 0.357 e. The number of carbonyl (C=O) groups is 1. The van der Waals surface area contributed by atoms with Gasteiger partial charge in [0.25, 0.3) is 0 Å². The van der Waals surface area contributed by atoms with E-state index < -0.39 is 17.6 Å². The highest BCUT2D eigenvalue weighted by Crippen LogP contribution is 2.30. The van der Waals surface area contributed by atoms with Gasteiger partial charge in [-0.25, -0.2) is 18.6 Å². The summed E-state index contributed by atoms with van der Waals surface area (Å²) in [6.45, 7) is 0. The van der Waals surface area contributed by atoms with E-state index in [1.54, 1.807) is 0 Å². The minimum absolute atomic E-state index is 0.0913. The number of benzene rings is 1. The van der Waals surface area contributed by atoms with Gasteiger partial charge in [0.15, 0.2) is 16.6 Å². The van der Waals surface area contributed by atoms with Gasteiger partial charge in [-0.2, -0.15) is 0 Å². The Kier molecular flexibility index (Phi) is 3.96. The summed E-state index contributed by atoms with van der Waals surface area (Å²) < 4.78 is 30.9. The molecule has 19 heavy (non-hydrogen) atoms. The van der Waals surface area contributed by atoms with Crippen molar-refractivity contribution in [2.24, 2.45) is 0 Å². The van der Waals surface area contributed by atoms with Crippen LogP contribution in [0, 0.1) is 11.6 Å². The van der Waals surface area contributed by atoms with E-state index in [-0.39, 0.29) is 21.5 Å². The summed E-state index contributed by atoms with van der Waals surface area (Å²) in [7, 11) is 1.23. The van der Waals surface area contributed by atoms with Crippen LogP contribution >= 0.6 is 22.9 Å². The Morgan fingerprint density at radius 3 is 2.84 bits per heavy atom. The van der Waals surface area contributed by atoms with Crippen molar-refractivity contribution < 1.29 is 18.3 Å². The minimum atomic E-state index is -0.847. The zero-order valence-corrected chi connectivity index (χ0v) is 11.1. The lowest BCUT2D eigenvalue weighted by Gasteiger charge is -2.06. The minimum Gasteiger partial charge on any atom is -0.464 e. The fourth-order valence-corrected chi connectivity index (χ4v) is 2.22. The molecular formula is C11H7ClF2N2O2S. The summed E-state index contributed by atoms with van der Waals surface area (Å²) in [5, 5.41) is 4.17. The molecule has 2 rings (SSSR count). The zero-order valence-electron chi connectivity index (χ0n) is 9.54. The van der Waals surface area contributed by atoms with Gasteiger partial charge in [0, 0.05) is 11.4 Å². The van der Waals surface area contributed by atoms with Gasteiger partial charge >= 0.3 is 5.97 Å². The van der Waals surface area contributed by atoms with E-state index in [0.29, 0.717) is 6.07 Å². The summed E-state index contributed by atoms with van der Waals surface area (Å²) in [5.74, 6) is -2.22. The first-order valence-corrected chi connectivity index (χ1v) is 6.22. The van der Waals surface area contributed by atoms with Crippen molar-refractivity contribution >= 4 is 39.7 Å². The number of methoxy groups -OCH3 is 1. The predicted octanol–water partition coefficient (Wildman–Crippen LogP) is 3.60. The maximum Gasteiger partial charge on any atom is 0.357 e. The standard InChI is InChI=1S/C11H7ClF2N2O2S/c1-18-10(17)8-4-19-11(15-8)16-9-6(12)2-5(13)3-7(9)14/h2-4H,1H3,(H,15,16). The molecule has 0 unspecified atom stereocenters. The van der Waals surface area contributed by atoms with Crippen LogP contribution in [0.3, 0.4) is 0 Å². The normalized spacial score (nSPS) is 10.3. The highest BCUT2D eigenvalue weighted by atomic mass is 35.5. The maximum atomic E-state index is 13.5.